The fourth-order valence-electron chi connectivity index (χ4n) is 3.03. The Hall–Kier alpha value is -1.37. The van der Waals surface area contributed by atoms with Crippen molar-refractivity contribution < 1.29 is 5.11 Å². The molecule has 2 saturated heterocycles. The molecule has 6 heteroatoms. The molecule has 6 nitrogen and oxygen atoms in total. The number of nitrogens with two attached hydrogens (primary N) is 1. The van der Waals surface area contributed by atoms with Crippen LogP contribution in [0.25, 0.3) is 0 Å². The number of nitrogens with zero attached hydrogens (tertiary/aromatic N) is 4. The van der Waals surface area contributed by atoms with E-state index in [2.05, 4.69) is 14.8 Å². The van der Waals surface area contributed by atoms with E-state index in [-0.39, 0.29) is 6.04 Å². The summed E-state index contributed by atoms with van der Waals surface area (Å²) in [6.45, 7) is 4.67. The van der Waals surface area contributed by atoms with Crippen LogP contribution in [-0.4, -0.2) is 71.9 Å². The number of aliphatic hydroxyl groups excluding tert-OH is 1. The van der Waals surface area contributed by atoms with Gasteiger partial charge in [-0.25, -0.2) is 0 Å². The largest absolute Gasteiger partial charge is 0.396 e. The van der Waals surface area contributed by atoms with E-state index in [1.54, 1.807) is 12.4 Å². The highest BCUT2D eigenvalue weighted by Gasteiger charge is 2.37. The number of hydrogen-bond donors (Lipinski definition) is 2. The third-order valence-electron chi connectivity index (χ3n) is 4.24. The molecule has 0 radical (unpaired) electrons. The van der Waals surface area contributed by atoms with E-state index in [1.165, 1.54) is 0 Å². The zero-order valence-electron chi connectivity index (χ0n) is 11.2. The molecule has 2 atom stereocenters. The third kappa shape index (κ3) is 2.27. The van der Waals surface area contributed by atoms with Gasteiger partial charge < -0.3 is 15.7 Å². The summed E-state index contributed by atoms with van der Waals surface area (Å²) in [5, 5.41) is 10.3. The normalized spacial score (nSPS) is 29.3. The summed E-state index contributed by atoms with van der Waals surface area (Å²) in [5.41, 5.74) is 7.72. The number of rotatable bonds is 1. The van der Waals surface area contributed by atoms with Crippen LogP contribution in [-0.2, 0) is 0 Å². The molecule has 1 aromatic rings. The quantitative estimate of drug-likeness (QED) is 0.706. The number of aromatic nitrogens is 1. The molecule has 2 aliphatic heterocycles. The average molecular weight is 263 g/mol. The van der Waals surface area contributed by atoms with Crippen molar-refractivity contribution in [2.24, 2.45) is 0 Å². The molecule has 2 aliphatic rings. The van der Waals surface area contributed by atoms with Crippen molar-refractivity contribution in [3.63, 3.8) is 0 Å². The Balaban J connectivity index is 1.79. The molecule has 19 heavy (non-hydrogen) atoms. The van der Waals surface area contributed by atoms with E-state index in [4.69, 9.17) is 5.73 Å². The molecular weight excluding hydrogens is 242 g/mol. The summed E-state index contributed by atoms with van der Waals surface area (Å²) >= 11 is 0. The first-order valence-electron chi connectivity index (χ1n) is 6.73. The van der Waals surface area contributed by atoms with Gasteiger partial charge in [0.2, 0.25) is 0 Å². The second kappa shape index (κ2) is 4.96. The summed E-state index contributed by atoms with van der Waals surface area (Å²) in [4.78, 5) is 10.7. The predicted octanol–water partition coefficient (Wildman–Crippen LogP) is -0.582. The van der Waals surface area contributed by atoms with E-state index in [1.807, 2.05) is 18.0 Å². The zero-order chi connectivity index (χ0) is 13.4. The molecule has 0 bridgehead atoms. The minimum absolute atomic E-state index is 0.153. The number of anilines is 2. The van der Waals surface area contributed by atoms with Crippen molar-refractivity contribution >= 4 is 11.4 Å². The minimum atomic E-state index is -0.403. The Bertz CT molecular complexity index is 452. The van der Waals surface area contributed by atoms with Crippen LogP contribution in [0.3, 0.4) is 0 Å². The lowest BCUT2D eigenvalue weighted by Gasteiger charge is -2.49. The van der Waals surface area contributed by atoms with Crippen LogP contribution in [0.15, 0.2) is 18.5 Å². The highest BCUT2D eigenvalue weighted by atomic mass is 16.3. The maximum absolute atomic E-state index is 10.3. The molecule has 0 spiro atoms. The summed E-state index contributed by atoms with van der Waals surface area (Å²) in [6.07, 6.45) is 3.05. The van der Waals surface area contributed by atoms with E-state index in [0.717, 1.165) is 38.4 Å². The van der Waals surface area contributed by atoms with Crippen LogP contribution in [0, 0.1) is 0 Å². The molecule has 0 aromatic carbocycles. The summed E-state index contributed by atoms with van der Waals surface area (Å²) in [6, 6.07) is 2.10. The number of hydrogen-bond acceptors (Lipinski definition) is 6. The monoisotopic (exact) mass is 263 g/mol. The lowest BCUT2D eigenvalue weighted by Crippen LogP contribution is -2.65. The lowest BCUT2D eigenvalue weighted by molar-refractivity contribution is -0.0874. The highest BCUT2D eigenvalue weighted by Crippen LogP contribution is 2.26. The molecule has 3 rings (SSSR count). The maximum Gasteiger partial charge on any atom is 0.124 e. The zero-order valence-corrected chi connectivity index (χ0v) is 11.2. The molecular formula is C13H21N5O. The van der Waals surface area contributed by atoms with Crippen LogP contribution >= 0.6 is 0 Å². The van der Waals surface area contributed by atoms with Gasteiger partial charge in [0.15, 0.2) is 0 Å². The van der Waals surface area contributed by atoms with Gasteiger partial charge >= 0.3 is 0 Å². The van der Waals surface area contributed by atoms with E-state index < -0.39 is 6.23 Å². The number of nitrogen functional groups attached to an aromatic ring is 1. The predicted molar refractivity (Wildman–Crippen MR) is 74.9 cm³/mol. The molecule has 1 aromatic heterocycles. The molecule has 0 amide bonds. The Morgan fingerprint density at radius 1 is 1.32 bits per heavy atom. The third-order valence-corrected chi connectivity index (χ3v) is 4.24. The van der Waals surface area contributed by atoms with Crippen molar-refractivity contribution in [2.75, 3.05) is 50.4 Å². The van der Waals surface area contributed by atoms with Crippen LogP contribution < -0.4 is 10.6 Å². The van der Waals surface area contributed by atoms with Gasteiger partial charge in [-0.1, -0.05) is 0 Å². The van der Waals surface area contributed by atoms with Crippen molar-refractivity contribution in [1.82, 2.24) is 14.8 Å². The lowest BCUT2D eigenvalue weighted by atomic mass is 10.1. The fourth-order valence-corrected chi connectivity index (χ4v) is 3.03. The average Bonchev–Trinajstić information content (AvgIpc) is 2.43. The number of piperazine rings is 2. The van der Waals surface area contributed by atoms with E-state index in [9.17, 15) is 5.11 Å². The molecule has 2 unspecified atom stereocenters. The minimum Gasteiger partial charge on any atom is -0.396 e. The Morgan fingerprint density at radius 2 is 2.11 bits per heavy atom. The number of aliphatic hydroxyl groups is 1. The second-order valence-electron chi connectivity index (χ2n) is 5.38. The van der Waals surface area contributed by atoms with Crippen LogP contribution in [0.2, 0.25) is 0 Å². The first-order chi connectivity index (χ1) is 9.16. The summed E-state index contributed by atoms with van der Waals surface area (Å²) in [5.74, 6) is 0. The molecule has 3 heterocycles. The van der Waals surface area contributed by atoms with Gasteiger partial charge in [0, 0.05) is 38.9 Å². The standard InChI is InChI=1S/C13H21N5O/c1-16-4-5-17-6-7-18(9-12(17)13(16)19)11-2-3-15-8-10(11)14/h2-3,8,12-13,19H,4-7,9,14H2,1H3. The van der Waals surface area contributed by atoms with Crippen molar-refractivity contribution in [3.05, 3.63) is 18.5 Å². The molecule has 0 saturated carbocycles. The van der Waals surface area contributed by atoms with E-state index in [0.29, 0.717) is 5.69 Å². The van der Waals surface area contributed by atoms with Gasteiger partial charge in [0.05, 0.1) is 23.6 Å². The van der Waals surface area contributed by atoms with Gasteiger partial charge in [-0.2, -0.15) is 0 Å². The Morgan fingerprint density at radius 3 is 2.89 bits per heavy atom. The van der Waals surface area contributed by atoms with Gasteiger partial charge in [-0.05, 0) is 13.1 Å². The summed E-state index contributed by atoms with van der Waals surface area (Å²) < 4.78 is 0. The number of fused-ring (bicyclic) bond motifs is 1. The van der Waals surface area contributed by atoms with Crippen molar-refractivity contribution in [3.8, 4) is 0 Å². The van der Waals surface area contributed by atoms with Gasteiger partial charge in [-0.15, -0.1) is 0 Å². The first-order valence-corrected chi connectivity index (χ1v) is 6.73. The second-order valence-corrected chi connectivity index (χ2v) is 5.38. The maximum atomic E-state index is 10.3. The van der Waals surface area contributed by atoms with Gasteiger partial charge in [-0.3, -0.25) is 14.8 Å². The topological polar surface area (TPSA) is 68.9 Å². The smallest absolute Gasteiger partial charge is 0.124 e. The van der Waals surface area contributed by atoms with Crippen LogP contribution in [0.5, 0.6) is 0 Å². The van der Waals surface area contributed by atoms with E-state index >= 15 is 0 Å². The molecule has 104 valence electrons. The van der Waals surface area contributed by atoms with Gasteiger partial charge in [0.1, 0.15) is 6.23 Å². The fraction of sp³-hybridized carbons (Fsp3) is 0.615. The SMILES string of the molecule is CN1CCN2CCN(c3ccncc3N)CC2C1O. The van der Waals surface area contributed by atoms with Crippen molar-refractivity contribution in [1.29, 1.82) is 0 Å². The molecule has 3 N–H and O–H groups in total. The van der Waals surface area contributed by atoms with Crippen LogP contribution in [0.1, 0.15) is 0 Å². The molecule has 0 aliphatic carbocycles. The van der Waals surface area contributed by atoms with Crippen molar-refractivity contribution in [2.45, 2.75) is 12.3 Å². The highest BCUT2D eigenvalue weighted by molar-refractivity contribution is 5.66. The van der Waals surface area contributed by atoms with Crippen LogP contribution in [0.4, 0.5) is 11.4 Å². The molecule has 2 fully saturated rings. The summed E-state index contributed by atoms with van der Waals surface area (Å²) in [7, 11) is 1.97. The van der Waals surface area contributed by atoms with Gasteiger partial charge in [0.25, 0.3) is 0 Å². The Kier molecular flexibility index (Phi) is 3.30. The number of likely N-dealkylation sites (N-methyl/N-ethyl adjacent to an activating group) is 1. The number of pyridine rings is 1. The Labute approximate surface area is 113 Å². The first kappa shape index (κ1) is 12.7.